The SMILES string of the molecule is COCCOc1ccc(Br)cc1C(=O)NC(=S)Nc1ccc(C(=O)N2CCCCCC2)cc1. The average Bonchev–Trinajstić information content (AvgIpc) is 3.10. The van der Waals surface area contributed by atoms with E-state index in [1.807, 2.05) is 4.90 Å². The molecule has 1 aliphatic rings. The highest BCUT2D eigenvalue weighted by Crippen LogP contribution is 2.23. The molecule has 1 saturated heterocycles. The van der Waals surface area contributed by atoms with Gasteiger partial charge in [-0.15, -0.1) is 0 Å². The minimum Gasteiger partial charge on any atom is -0.490 e. The zero-order valence-corrected chi connectivity index (χ0v) is 21.0. The fraction of sp³-hybridized carbons (Fsp3) is 0.375. The molecule has 0 spiro atoms. The molecular formula is C24H28BrN3O4S. The van der Waals surface area contributed by atoms with Gasteiger partial charge in [-0.05, 0) is 67.5 Å². The molecule has 0 aromatic heterocycles. The molecule has 2 amide bonds. The molecule has 33 heavy (non-hydrogen) atoms. The van der Waals surface area contributed by atoms with E-state index in [-0.39, 0.29) is 11.0 Å². The first kappa shape index (κ1) is 25.1. The Bertz CT molecular complexity index is 976. The molecule has 3 rings (SSSR count). The predicted octanol–water partition coefficient (Wildman–Crippen LogP) is 4.62. The van der Waals surface area contributed by atoms with Crippen LogP contribution >= 0.6 is 28.1 Å². The van der Waals surface area contributed by atoms with Crippen LogP contribution in [0, 0.1) is 0 Å². The predicted molar refractivity (Wildman–Crippen MR) is 136 cm³/mol. The zero-order valence-electron chi connectivity index (χ0n) is 18.6. The highest BCUT2D eigenvalue weighted by atomic mass is 79.9. The van der Waals surface area contributed by atoms with Crippen LogP contribution in [-0.2, 0) is 4.74 Å². The summed E-state index contributed by atoms with van der Waals surface area (Å²) in [5, 5.41) is 5.81. The molecule has 1 aliphatic heterocycles. The number of hydrogen-bond acceptors (Lipinski definition) is 5. The second kappa shape index (κ2) is 12.7. The number of likely N-dealkylation sites (tertiary alicyclic amines) is 1. The van der Waals surface area contributed by atoms with Gasteiger partial charge in [0.2, 0.25) is 0 Å². The van der Waals surface area contributed by atoms with Crippen molar-refractivity contribution in [2.75, 3.05) is 38.7 Å². The van der Waals surface area contributed by atoms with E-state index in [4.69, 9.17) is 21.7 Å². The Morgan fingerprint density at radius 3 is 2.39 bits per heavy atom. The largest absolute Gasteiger partial charge is 0.490 e. The second-order valence-corrected chi connectivity index (χ2v) is 9.00. The Kier molecular flexibility index (Phi) is 9.65. The average molecular weight is 534 g/mol. The molecule has 0 unspecified atom stereocenters. The molecule has 0 aliphatic carbocycles. The summed E-state index contributed by atoms with van der Waals surface area (Å²) in [5.41, 5.74) is 1.67. The van der Waals surface area contributed by atoms with Crippen molar-refractivity contribution >= 4 is 50.8 Å². The number of rotatable bonds is 7. The highest BCUT2D eigenvalue weighted by Gasteiger charge is 2.18. The van der Waals surface area contributed by atoms with E-state index in [1.54, 1.807) is 49.6 Å². The van der Waals surface area contributed by atoms with Crippen molar-refractivity contribution in [2.24, 2.45) is 0 Å². The van der Waals surface area contributed by atoms with Gasteiger partial charge in [-0.1, -0.05) is 28.8 Å². The first-order valence-electron chi connectivity index (χ1n) is 10.9. The number of halogens is 1. The number of hydrogen-bond donors (Lipinski definition) is 2. The molecule has 0 atom stereocenters. The minimum absolute atomic E-state index is 0.0509. The van der Waals surface area contributed by atoms with Crippen molar-refractivity contribution in [3.05, 3.63) is 58.1 Å². The number of thiocarbonyl (C=S) groups is 1. The Morgan fingerprint density at radius 2 is 1.73 bits per heavy atom. The molecule has 9 heteroatoms. The lowest BCUT2D eigenvalue weighted by atomic mass is 10.1. The van der Waals surface area contributed by atoms with Gasteiger partial charge in [0.15, 0.2) is 5.11 Å². The van der Waals surface area contributed by atoms with Gasteiger partial charge in [0.25, 0.3) is 11.8 Å². The molecule has 1 fully saturated rings. The number of carbonyl (C=O) groups excluding carboxylic acids is 2. The smallest absolute Gasteiger partial charge is 0.261 e. The van der Waals surface area contributed by atoms with Crippen molar-refractivity contribution in [3.8, 4) is 5.75 Å². The standard InChI is InChI=1S/C24H28BrN3O4S/c1-31-14-15-32-21-11-8-18(25)16-20(21)22(29)27-24(33)26-19-9-6-17(7-10-19)23(30)28-12-4-2-3-5-13-28/h6-11,16H,2-5,12-15H2,1H3,(H2,26,27,29,33). The Labute approximate surface area is 207 Å². The fourth-order valence-corrected chi connectivity index (χ4v) is 4.10. The van der Waals surface area contributed by atoms with E-state index in [9.17, 15) is 9.59 Å². The third-order valence-electron chi connectivity index (χ3n) is 5.24. The van der Waals surface area contributed by atoms with Gasteiger partial charge in [-0.2, -0.15) is 0 Å². The van der Waals surface area contributed by atoms with Crippen molar-refractivity contribution in [1.29, 1.82) is 0 Å². The van der Waals surface area contributed by atoms with Gasteiger partial charge in [0, 0.05) is 35.9 Å². The summed E-state index contributed by atoms with van der Waals surface area (Å²) in [6.45, 7) is 2.35. The number of ether oxygens (including phenoxy) is 2. The van der Waals surface area contributed by atoms with Crippen molar-refractivity contribution in [2.45, 2.75) is 25.7 Å². The molecule has 0 bridgehead atoms. The number of methoxy groups -OCH3 is 1. The molecule has 0 saturated carbocycles. The van der Waals surface area contributed by atoms with Crippen LogP contribution in [-0.4, -0.2) is 55.2 Å². The van der Waals surface area contributed by atoms with E-state index in [0.717, 1.165) is 30.4 Å². The lowest BCUT2D eigenvalue weighted by Crippen LogP contribution is -2.34. The third-order valence-corrected chi connectivity index (χ3v) is 5.94. The molecule has 176 valence electrons. The fourth-order valence-electron chi connectivity index (χ4n) is 3.53. The molecule has 2 aromatic carbocycles. The molecule has 2 N–H and O–H groups in total. The second-order valence-electron chi connectivity index (χ2n) is 7.67. The highest BCUT2D eigenvalue weighted by molar-refractivity contribution is 9.10. The van der Waals surface area contributed by atoms with Gasteiger partial charge in [0.05, 0.1) is 12.2 Å². The van der Waals surface area contributed by atoms with Crippen LogP contribution in [0.2, 0.25) is 0 Å². The van der Waals surface area contributed by atoms with E-state index < -0.39 is 5.91 Å². The van der Waals surface area contributed by atoms with E-state index >= 15 is 0 Å². The molecule has 2 aromatic rings. The molecule has 1 heterocycles. The van der Waals surface area contributed by atoms with Gasteiger partial charge in [0.1, 0.15) is 12.4 Å². The van der Waals surface area contributed by atoms with Crippen molar-refractivity contribution in [1.82, 2.24) is 10.2 Å². The van der Waals surface area contributed by atoms with Crippen LogP contribution in [0.25, 0.3) is 0 Å². The number of carbonyl (C=O) groups is 2. The monoisotopic (exact) mass is 533 g/mol. The molecule has 0 radical (unpaired) electrons. The lowest BCUT2D eigenvalue weighted by molar-refractivity contribution is 0.0761. The van der Waals surface area contributed by atoms with Crippen LogP contribution in [0.5, 0.6) is 5.75 Å². The Balaban J connectivity index is 1.59. The van der Waals surface area contributed by atoms with Crippen LogP contribution in [0.3, 0.4) is 0 Å². The normalized spacial score (nSPS) is 13.7. The summed E-state index contributed by atoms with van der Waals surface area (Å²) in [6, 6.07) is 12.3. The van der Waals surface area contributed by atoms with Crippen LogP contribution in [0.1, 0.15) is 46.4 Å². The number of amides is 2. The van der Waals surface area contributed by atoms with E-state index in [2.05, 4.69) is 26.6 Å². The van der Waals surface area contributed by atoms with Crippen LogP contribution < -0.4 is 15.4 Å². The maximum atomic E-state index is 12.8. The Hall–Kier alpha value is -2.49. The summed E-state index contributed by atoms with van der Waals surface area (Å²) in [4.78, 5) is 27.4. The first-order chi connectivity index (χ1) is 16.0. The van der Waals surface area contributed by atoms with Gasteiger partial charge in [-0.3, -0.25) is 14.9 Å². The Morgan fingerprint density at radius 1 is 1.03 bits per heavy atom. The molecular weight excluding hydrogens is 506 g/mol. The number of nitrogens with zero attached hydrogens (tertiary/aromatic N) is 1. The quantitative estimate of drug-likeness (QED) is 0.399. The minimum atomic E-state index is -0.394. The number of anilines is 1. The van der Waals surface area contributed by atoms with Gasteiger partial charge < -0.3 is 19.7 Å². The van der Waals surface area contributed by atoms with Crippen LogP contribution in [0.15, 0.2) is 46.9 Å². The topological polar surface area (TPSA) is 79.9 Å². The zero-order chi connectivity index (χ0) is 23.6. The van der Waals surface area contributed by atoms with Gasteiger partial charge >= 0.3 is 0 Å². The molecule has 7 nitrogen and oxygen atoms in total. The third kappa shape index (κ3) is 7.52. The summed E-state index contributed by atoms with van der Waals surface area (Å²) in [7, 11) is 1.58. The van der Waals surface area contributed by atoms with Crippen molar-refractivity contribution < 1.29 is 19.1 Å². The summed E-state index contributed by atoms with van der Waals surface area (Å²) in [6.07, 6.45) is 4.46. The first-order valence-corrected chi connectivity index (χ1v) is 12.1. The summed E-state index contributed by atoms with van der Waals surface area (Å²) in [5.74, 6) is 0.0936. The number of nitrogens with one attached hydrogen (secondary N) is 2. The summed E-state index contributed by atoms with van der Waals surface area (Å²) >= 11 is 8.68. The van der Waals surface area contributed by atoms with Crippen LogP contribution in [0.4, 0.5) is 5.69 Å². The van der Waals surface area contributed by atoms with Gasteiger partial charge in [-0.25, -0.2) is 0 Å². The number of benzene rings is 2. The maximum Gasteiger partial charge on any atom is 0.261 e. The van der Waals surface area contributed by atoms with E-state index in [1.165, 1.54) is 12.8 Å². The lowest BCUT2D eigenvalue weighted by Gasteiger charge is -2.20. The maximum absolute atomic E-state index is 12.8. The van der Waals surface area contributed by atoms with Crippen molar-refractivity contribution in [3.63, 3.8) is 0 Å². The summed E-state index contributed by atoms with van der Waals surface area (Å²) < 4.78 is 11.4. The van der Waals surface area contributed by atoms with E-state index in [0.29, 0.717) is 35.8 Å².